The van der Waals surface area contributed by atoms with Crippen molar-refractivity contribution in [3.63, 3.8) is 0 Å². The number of benzene rings is 3. The molecular formula is C30H33BrN2OS2. The molecule has 3 aromatic carbocycles. The molecule has 0 radical (unpaired) electrons. The van der Waals surface area contributed by atoms with Crippen molar-refractivity contribution in [2.75, 3.05) is 31.1 Å². The number of hydrogen-bond acceptors (Lipinski definition) is 5. The second kappa shape index (κ2) is 11.8. The lowest BCUT2D eigenvalue weighted by atomic mass is 9.89. The van der Waals surface area contributed by atoms with Gasteiger partial charge in [-0.05, 0) is 81.4 Å². The molecule has 0 N–H and O–H groups in total. The lowest BCUT2D eigenvalue weighted by Gasteiger charge is -2.35. The first kappa shape index (κ1) is 25.9. The van der Waals surface area contributed by atoms with Gasteiger partial charge in [-0.15, -0.1) is 11.8 Å². The standard InChI is InChI=1S/C30H33BrN2OS2/c1-21(2)35-25-12-13-29-27(20-25)33(26-6-3-4-7-28(26)36-29)17-5-16-32-18-14-23(15-19-32)30(34)22-8-10-24(31)11-9-22/h3-4,6-13,20-21,23H,5,14-19H2,1-2H3. The number of Topliss-reactive ketones (excluding diaryl/α,β-unsaturated/α-hetero) is 1. The zero-order chi connectivity index (χ0) is 25.1. The van der Waals surface area contributed by atoms with E-state index in [4.69, 9.17) is 0 Å². The fourth-order valence-electron chi connectivity index (χ4n) is 5.12. The Morgan fingerprint density at radius 3 is 2.44 bits per heavy atom. The van der Waals surface area contributed by atoms with Crippen molar-refractivity contribution in [3.8, 4) is 0 Å². The normalized spacial score (nSPS) is 16.2. The highest BCUT2D eigenvalue weighted by atomic mass is 79.9. The predicted octanol–water partition coefficient (Wildman–Crippen LogP) is 8.54. The highest BCUT2D eigenvalue weighted by Gasteiger charge is 2.27. The average Bonchev–Trinajstić information content (AvgIpc) is 2.88. The van der Waals surface area contributed by atoms with Gasteiger partial charge in [-0.2, -0.15) is 0 Å². The van der Waals surface area contributed by atoms with Crippen molar-refractivity contribution in [2.24, 2.45) is 5.92 Å². The van der Waals surface area contributed by atoms with Crippen LogP contribution in [0.4, 0.5) is 11.4 Å². The molecular weight excluding hydrogens is 548 g/mol. The number of piperidine rings is 1. The highest BCUT2D eigenvalue weighted by molar-refractivity contribution is 9.10. The molecule has 1 saturated heterocycles. The van der Waals surface area contributed by atoms with E-state index in [9.17, 15) is 4.79 Å². The minimum absolute atomic E-state index is 0.150. The molecule has 0 amide bonds. The van der Waals surface area contributed by atoms with Crippen molar-refractivity contribution >= 4 is 56.6 Å². The van der Waals surface area contributed by atoms with Gasteiger partial charge in [0.2, 0.25) is 0 Å². The third kappa shape index (κ3) is 6.04. The molecule has 0 aliphatic carbocycles. The molecule has 2 aliphatic heterocycles. The van der Waals surface area contributed by atoms with Gasteiger partial charge >= 0.3 is 0 Å². The molecule has 0 spiro atoms. The molecule has 6 heteroatoms. The third-order valence-corrected chi connectivity index (χ3v) is 9.57. The van der Waals surface area contributed by atoms with Crippen molar-refractivity contribution < 1.29 is 4.79 Å². The molecule has 0 aromatic heterocycles. The van der Waals surface area contributed by atoms with Gasteiger partial charge < -0.3 is 9.80 Å². The second-order valence-electron chi connectivity index (χ2n) is 9.86. The Kier molecular flexibility index (Phi) is 8.46. The van der Waals surface area contributed by atoms with Crippen molar-refractivity contribution in [1.29, 1.82) is 0 Å². The minimum Gasteiger partial charge on any atom is -0.340 e. The molecule has 0 atom stereocenters. The van der Waals surface area contributed by atoms with Crippen LogP contribution in [0.1, 0.15) is 43.5 Å². The number of hydrogen-bond donors (Lipinski definition) is 0. The van der Waals surface area contributed by atoms with Crippen LogP contribution in [0.25, 0.3) is 0 Å². The van der Waals surface area contributed by atoms with Crippen LogP contribution in [0.3, 0.4) is 0 Å². The number of para-hydroxylation sites is 1. The SMILES string of the molecule is CC(C)Sc1ccc2c(c1)N(CCCN1CCC(C(=O)c3ccc(Br)cc3)CC1)c1ccccc1S2. The lowest BCUT2D eigenvalue weighted by Crippen LogP contribution is -2.38. The van der Waals surface area contributed by atoms with E-state index >= 15 is 0 Å². The number of anilines is 2. The first-order valence-corrected chi connectivity index (χ1v) is 15.3. The van der Waals surface area contributed by atoms with E-state index in [1.807, 2.05) is 47.8 Å². The lowest BCUT2D eigenvalue weighted by molar-refractivity contribution is 0.0840. The van der Waals surface area contributed by atoms with Crippen LogP contribution in [0, 0.1) is 5.92 Å². The number of carbonyl (C=O) groups excluding carboxylic acids is 1. The fourth-order valence-corrected chi connectivity index (χ4v) is 7.33. The van der Waals surface area contributed by atoms with Crippen molar-refractivity contribution in [3.05, 3.63) is 76.8 Å². The Morgan fingerprint density at radius 1 is 0.972 bits per heavy atom. The van der Waals surface area contributed by atoms with Crippen molar-refractivity contribution in [2.45, 2.75) is 53.0 Å². The molecule has 0 saturated carbocycles. The van der Waals surface area contributed by atoms with Crippen LogP contribution in [0.15, 0.2) is 85.9 Å². The Bertz CT molecular complexity index is 1210. The maximum Gasteiger partial charge on any atom is 0.166 e. The van der Waals surface area contributed by atoms with Crippen LogP contribution in [-0.2, 0) is 0 Å². The number of carbonyl (C=O) groups is 1. The van der Waals surface area contributed by atoms with E-state index in [0.29, 0.717) is 11.0 Å². The number of fused-ring (bicyclic) bond motifs is 2. The summed E-state index contributed by atoms with van der Waals surface area (Å²) in [6.07, 6.45) is 3.01. The molecule has 0 bridgehead atoms. The Morgan fingerprint density at radius 2 is 1.69 bits per heavy atom. The largest absolute Gasteiger partial charge is 0.340 e. The predicted molar refractivity (Wildman–Crippen MR) is 157 cm³/mol. The summed E-state index contributed by atoms with van der Waals surface area (Å²) < 4.78 is 1.02. The van der Waals surface area contributed by atoms with Gasteiger partial charge in [0.1, 0.15) is 0 Å². The van der Waals surface area contributed by atoms with Gasteiger partial charge in [-0.1, -0.05) is 65.8 Å². The zero-order valence-corrected chi connectivity index (χ0v) is 24.2. The van der Waals surface area contributed by atoms with E-state index in [1.54, 1.807) is 0 Å². The van der Waals surface area contributed by atoms with Crippen LogP contribution < -0.4 is 4.90 Å². The summed E-state index contributed by atoms with van der Waals surface area (Å²) in [5, 5.41) is 0.568. The maximum absolute atomic E-state index is 12.9. The average molecular weight is 582 g/mol. The summed E-state index contributed by atoms with van der Waals surface area (Å²) in [6.45, 7) is 8.58. The summed E-state index contributed by atoms with van der Waals surface area (Å²) in [5.74, 6) is 0.452. The number of thioether (sulfide) groups is 1. The molecule has 3 aromatic rings. The molecule has 36 heavy (non-hydrogen) atoms. The smallest absolute Gasteiger partial charge is 0.166 e. The number of ketones is 1. The van der Waals surface area contributed by atoms with Crippen LogP contribution >= 0.6 is 39.5 Å². The van der Waals surface area contributed by atoms with E-state index in [0.717, 1.165) is 55.5 Å². The van der Waals surface area contributed by atoms with Crippen LogP contribution in [0.5, 0.6) is 0 Å². The number of nitrogens with zero attached hydrogens (tertiary/aromatic N) is 2. The van der Waals surface area contributed by atoms with E-state index < -0.39 is 0 Å². The number of likely N-dealkylation sites (tertiary alicyclic amines) is 1. The first-order valence-electron chi connectivity index (χ1n) is 12.8. The molecule has 5 rings (SSSR count). The maximum atomic E-state index is 12.9. The third-order valence-electron chi connectivity index (χ3n) is 6.91. The zero-order valence-electron chi connectivity index (χ0n) is 21.0. The molecule has 2 heterocycles. The fraction of sp³-hybridized carbons (Fsp3) is 0.367. The number of halogens is 1. The van der Waals surface area contributed by atoms with Gasteiger partial charge in [0.05, 0.1) is 11.4 Å². The van der Waals surface area contributed by atoms with Gasteiger partial charge in [0.25, 0.3) is 0 Å². The van der Waals surface area contributed by atoms with Gasteiger partial charge in [0.15, 0.2) is 5.78 Å². The Balaban J connectivity index is 1.20. The molecule has 188 valence electrons. The monoisotopic (exact) mass is 580 g/mol. The quantitative estimate of drug-likeness (QED) is 0.196. The summed E-state index contributed by atoms with van der Waals surface area (Å²) in [6, 6.07) is 23.5. The van der Waals surface area contributed by atoms with E-state index in [2.05, 4.69) is 82.0 Å². The molecule has 3 nitrogen and oxygen atoms in total. The van der Waals surface area contributed by atoms with Gasteiger partial charge in [0, 0.05) is 42.4 Å². The second-order valence-corrected chi connectivity index (χ2v) is 13.5. The summed E-state index contributed by atoms with van der Waals surface area (Å²) in [5.41, 5.74) is 3.50. The highest BCUT2D eigenvalue weighted by Crippen LogP contribution is 2.49. The molecule has 1 fully saturated rings. The van der Waals surface area contributed by atoms with Gasteiger partial charge in [-0.3, -0.25) is 4.79 Å². The van der Waals surface area contributed by atoms with E-state index in [1.165, 1.54) is 26.1 Å². The topological polar surface area (TPSA) is 23.6 Å². The first-order chi connectivity index (χ1) is 17.5. The summed E-state index contributed by atoms with van der Waals surface area (Å²) >= 11 is 7.27. The number of rotatable bonds is 8. The minimum atomic E-state index is 0.150. The van der Waals surface area contributed by atoms with Gasteiger partial charge in [-0.25, -0.2) is 0 Å². The van der Waals surface area contributed by atoms with Crippen molar-refractivity contribution in [1.82, 2.24) is 4.90 Å². The summed E-state index contributed by atoms with van der Waals surface area (Å²) in [7, 11) is 0. The van der Waals surface area contributed by atoms with E-state index in [-0.39, 0.29) is 5.92 Å². The Hall–Kier alpha value is -1.73. The van der Waals surface area contributed by atoms with Crippen LogP contribution in [0.2, 0.25) is 0 Å². The summed E-state index contributed by atoms with van der Waals surface area (Å²) in [4.78, 5) is 22.0. The molecule has 0 unspecified atom stereocenters. The molecule has 2 aliphatic rings. The Labute approximate surface area is 232 Å². The van der Waals surface area contributed by atoms with Crippen LogP contribution in [-0.4, -0.2) is 42.1 Å².